The van der Waals surface area contributed by atoms with Gasteiger partial charge in [0.05, 0.1) is 6.42 Å². The second-order valence-electron chi connectivity index (χ2n) is 5.79. The molecule has 3 rings (SSSR count). The monoisotopic (exact) mass is 404 g/mol. The molecule has 0 radical (unpaired) electrons. The van der Waals surface area contributed by atoms with Crippen LogP contribution in [0.15, 0.2) is 56.1 Å². The molecule has 7 nitrogen and oxygen atoms in total. The van der Waals surface area contributed by atoms with Gasteiger partial charge >= 0.3 is 5.69 Å². The summed E-state index contributed by atoms with van der Waals surface area (Å²) in [5, 5.41) is 9.10. The Morgan fingerprint density at radius 2 is 2.04 bits per heavy atom. The average Bonchev–Trinajstić information content (AvgIpc) is 3.09. The molecule has 0 amide bonds. The van der Waals surface area contributed by atoms with Gasteiger partial charge in [-0.2, -0.15) is 0 Å². The number of nitrogens with one attached hydrogen (secondary N) is 1. The second-order valence-corrected chi connectivity index (χ2v) is 7.15. The Labute approximate surface area is 164 Å². The smallest absolute Gasteiger partial charge is 0.328 e. The van der Waals surface area contributed by atoms with E-state index >= 15 is 0 Å². The number of allylic oxidation sites excluding steroid dienone is 1. The van der Waals surface area contributed by atoms with Crippen molar-refractivity contribution in [3.8, 4) is 0 Å². The minimum absolute atomic E-state index is 0.132. The molecule has 1 aromatic carbocycles. The molecule has 0 saturated heterocycles. The van der Waals surface area contributed by atoms with Crippen LogP contribution in [0.3, 0.4) is 0 Å². The van der Waals surface area contributed by atoms with Crippen molar-refractivity contribution >= 4 is 23.4 Å². The molecule has 0 aliphatic heterocycles. The zero-order valence-corrected chi connectivity index (χ0v) is 16.1. The molecule has 0 fully saturated rings. The van der Waals surface area contributed by atoms with Gasteiger partial charge in [-0.25, -0.2) is 4.79 Å². The average molecular weight is 405 g/mol. The molecule has 2 heterocycles. The van der Waals surface area contributed by atoms with Gasteiger partial charge in [-0.05, 0) is 24.6 Å². The van der Waals surface area contributed by atoms with E-state index < -0.39 is 5.69 Å². The lowest BCUT2D eigenvalue weighted by atomic mass is 10.1. The Balaban J connectivity index is 1.75. The lowest BCUT2D eigenvalue weighted by molar-refractivity contribution is 0.419. The molecular weight excluding hydrogens is 388 g/mol. The summed E-state index contributed by atoms with van der Waals surface area (Å²) in [4.78, 5) is 27.1. The zero-order chi connectivity index (χ0) is 19.4. The van der Waals surface area contributed by atoms with E-state index in [0.717, 1.165) is 10.1 Å². The highest BCUT2D eigenvalue weighted by Gasteiger charge is 2.15. The third-order valence-electron chi connectivity index (χ3n) is 3.86. The van der Waals surface area contributed by atoms with Crippen molar-refractivity contribution in [3.05, 3.63) is 85.5 Å². The molecule has 27 heavy (non-hydrogen) atoms. The van der Waals surface area contributed by atoms with Crippen LogP contribution in [0.2, 0.25) is 5.02 Å². The van der Waals surface area contributed by atoms with Crippen molar-refractivity contribution in [3.63, 3.8) is 0 Å². The maximum absolute atomic E-state index is 12.5. The van der Waals surface area contributed by atoms with Gasteiger partial charge in [-0.15, -0.1) is 16.8 Å². The molecule has 3 aromatic rings. The van der Waals surface area contributed by atoms with E-state index in [1.807, 2.05) is 24.3 Å². The number of aryl methyl sites for hydroxylation is 1. The van der Waals surface area contributed by atoms with Gasteiger partial charge in [-0.1, -0.05) is 41.6 Å². The van der Waals surface area contributed by atoms with Crippen LogP contribution in [-0.2, 0) is 18.7 Å². The van der Waals surface area contributed by atoms with Crippen molar-refractivity contribution in [2.75, 3.05) is 0 Å². The minimum atomic E-state index is -0.467. The number of benzene rings is 1. The summed E-state index contributed by atoms with van der Waals surface area (Å²) in [6, 6.07) is 7.50. The summed E-state index contributed by atoms with van der Waals surface area (Å²) in [7, 11) is 0. The minimum Gasteiger partial charge on any atom is -0.416 e. The quantitative estimate of drug-likeness (QED) is 0.480. The highest BCUT2D eigenvalue weighted by Crippen LogP contribution is 2.23. The van der Waals surface area contributed by atoms with Gasteiger partial charge in [0.15, 0.2) is 0 Å². The number of H-pyrrole nitrogens is 1. The fourth-order valence-corrected chi connectivity index (χ4v) is 3.33. The fraction of sp³-hybridized carbons (Fsp3) is 0.222. The van der Waals surface area contributed by atoms with Crippen LogP contribution in [0.1, 0.15) is 22.7 Å². The first-order chi connectivity index (χ1) is 13.0. The van der Waals surface area contributed by atoms with Crippen molar-refractivity contribution in [1.82, 2.24) is 19.7 Å². The first-order valence-corrected chi connectivity index (χ1v) is 9.47. The van der Waals surface area contributed by atoms with E-state index in [2.05, 4.69) is 21.8 Å². The second kappa shape index (κ2) is 8.41. The van der Waals surface area contributed by atoms with Gasteiger partial charge in [-0.3, -0.25) is 9.36 Å². The predicted octanol–water partition coefficient (Wildman–Crippen LogP) is 2.95. The first-order valence-electron chi connectivity index (χ1n) is 8.11. The molecular formula is C18H17ClN4O3S. The molecule has 0 spiro atoms. The standard InChI is InChI=1S/C18H17ClN4O3S/c1-3-8-23-16(24)14(11(2)20-17(23)25)9-15-21-22-18(26-15)27-10-12-4-6-13(19)7-5-12/h3-7H,1,8-10H2,2H3,(H,20,25). The first kappa shape index (κ1) is 19.2. The Bertz CT molecular complexity index is 1070. The van der Waals surface area contributed by atoms with Crippen LogP contribution in [0.25, 0.3) is 0 Å². The summed E-state index contributed by atoms with van der Waals surface area (Å²) in [5.41, 5.74) is 1.12. The number of halogens is 1. The van der Waals surface area contributed by atoms with Crippen molar-refractivity contribution in [2.45, 2.75) is 30.9 Å². The number of aromatic nitrogens is 4. The lowest BCUT2D eigenvalue weighted by Crippen LogP contribution is -2.37. The number of hydrogen-bond donors (Lipinski definition) is 1. The summed E-state index contributed by atoms with van der Waals surface area (Å²) >= 11 is 7.27. The van der Waals surface area contributed by atoms with Gasteiger partial charge in [0.2, 0.25) is 5.89 Å². The van der Waals surface area contributed by atoms with E-state index in [9.17, 15) is 9.59 Å². The van der Waals surface area contributed by atoms with Gasteiger partial charge in [0.1, 0.15) is 0 Å². The highest BCUT2D eigenvalue weighted by molar-refractivity contribution is 7.98. The van der Waals surface area contributed by atoms with Crippen molar-refractivity contribution < 1.29 is 4.42 Å². The molecule has 0 atom stereocenters. The van der Waals surface area contributed by atoms with Gasteiger partial charge < -0.3 is 9.40 Å². The molecule has 9 heteroatoms. The maximum Gasteiger partial charge on any atom is 0.328 e. The number of rotatable bonds is 7. The molecule has 0 bridgehead atoms. The van der Waals surface area contributed by atoms with Crippen LogP contribution in [0, 0.1) is 6.92 Å². The summed E-state index contributed by atoms with van der Waals surface area (Å²) in [5.74, 6) is 0.967. The molecule has 0 saturated carbocycles. The number of nitrogens with zero attached hydrogens (tertiary/aromatic N) is 3. The topological polar surface area (TPSA) is 93.8 Å². The van der Waals surface area contributed by atoms with Crippen LogP contribution in [-0.4, -0.2) is 19.7 Å². The van der Waals surface area contributed by atoms with Crippen molar-refractivity contribution in [1.29, 1.82) is 0 Å². The van der Waals surface area contributed by atoms with Gasteiger partial charge in [0, 0.05) is 28.6 Å². The molecule has 0 aliphatic carbocycles. The third-order valence-corrected chi connectivity index (χ3v) is 5.00. The fourth-order valence-electron chi connectivity index (χ4n) is 2.47. The SMILES string of the molecule is C=CCn1c(=O)[nH]c(C)c(Cc2nnc(SCc3ccc(Cl)cc3)o2)c1=O. The van der Waals surface area contributed by atoms with E-state index in [4.69, 9.17) is 16.0 Å². The molecule has 2 aromatic heterocycles. The van der Waals surface area contributed by atoms with Crippen molar-refractivity contribution in [2.24, 2.45) is 0 Å². The van der Waals surface area contributed by atoms with E-state index in [1.165, 1.54) is 17.8 Å². The van der Waals surface area contributed by atoms with Crippen LogP contribution >= 0.6 is 23.4 Å². The highest BCUT2D eigenvalue weighted by atomic mass is 35.5. The largest absolute Gasteiger partial charge is 0.416 e. The molecule has 140 valence electrons. The summed E-state index contributed by atoms with van der Waals surface area (Å²) in [6.07, 6.45) is 1.64. The maximum atomic E-state index is 12.5. The van der Waals surface area contributed by atoms with E-state index in [1.54, 1.807) is 6.92 Å². The van der Waals surface area contributed by atoms with Crippen LogP contribution < -0.4 is 11.2 Å². The number of hydrogen-bond acceptors (Lipinski definition) is 6. The molecule has 1 N–H and O–H groups in total. The lowest BCUT2D eigenvalue weighted by Gasteiger charge is -2.06. The Morgan fingerprint density at radius 1 is 1.30 bits per heavy atom. The van der Waals surface area contributed by atoms with Crippen LogP contribution in [0.5, 0.6) is 0 Å². The summed E-state index contributed by atoms with van der Waals surface area (Å²) < 4.78 is 6.71. The Kier molecular flexibility index (Phi) is 5.98. The van der Waals surface area contributed by atoms with Gasteiger partial charge in [0.25, 0.3) is 10.8 Å². The van der Waals surface area contributed by atoms with Crippen LogP contribution in [0.4, 0.5) is 0 Å². The predicted molar refractivity (Wildman–Crippen MR) is 104 cm³/mol. The molecule has 0 aliphatic rings. The number of thioether (sulfide) groups is 1. The Hall–Kier alpha value is -2.58. The Morgan fingerprint density at radius 3 is 2.74 bits per heavy atom. The summed E-state index contributed by atoms with van der Waals surface area (Å²) in [6.45, 7) is 5.37. The third kappa shape index (κ3) is 4.58. The molecule has 0 unspecified atom stereocenters. The number of aromatic amines is 1. The van der Waals surface area contributed by atoms with E-state index in [0.29, 0.717) is 33.1 Å². The normalized spacial score (nSPS) is 10.9. The zero-order valence-electron chi connectivity index (χ0n) is 14.6. The van der Waals surface area contributed by atoms with E-state index in [-0.39, 0.29) is 18.5 Å².